The lowest BCUT2D eigenvalue weighted by Gasteiger charge is -2.31. The van der Waals surface area contributed by atoms with E-state index >= 15 is 0 Å². The molecule has 0 saturated carbocycles. The molecule has 42 heavy (non-hydrogen) atoms. The van der Waals surface area contributed by atoms with Crippen molar-refractivity contribution < 1.29 is 29.0 Å². The van der Waals surface area contributed by atoms with Crippen LogP contribution < -0.4 is 15.4 Å². The van der Waals surface area contributed by atoms with Gasteiger partial charge in [0.05, 0.1) is 6.42 Å². The van der Waals surface area contributed by atoms with Gasteiger partial charge in [0, 0.05) is 34.6 Å². The number of rotatable bonds is 6. The minimum absolute atomic E-state index is 0.208. The Morgan fingerprint density at radius 2 is 1.74 bits per heavy atom. The number of carbonyl (C=O) groups is 3. The molecule has 1 heterocycles. The summed E-state index contributed by atoms with van der Waals surface area (Å²) in [5.41, 5.74) is 7.66. The van der Waals surface area contributed by atoms with E-state index < -0.39 is 36.5 Å². The zero-order valence-corrected chi connectivity index (χ0v) is 24.2. The minimum atomic E-state index is -1.28. The van der Waals surface area contributed by atoms with Crippen molar-refractivity contribution in [3.05, 3.63) is 101 Å². The van der Waals surface area contributed by atoms with Crippen LogP contribution in [0.25, 0.3) is 10.8 Å². The molecule has 9 heteroatoms. The monoisotopic (exact) mass is 586 g/mol. The molecular weight excluding hydrogens is 556 g/mol. The Balaban J connectivity index is 1.60. The summed E-state index contributed by atoms with van der Waals surface area (Å²) in [4.78, 5) is 40.8. The van der Waals surface area contributed by atoms with Gasteiger partial charge in [0.15, 0.2) is 0 Å². The van der Waals surface area contributed by atoms with Crippen LogP contribution in [-0.2, 0) is 14.3 Å². The van der Waals surface area contributed by atoms with E-state index in [-0.39, 0.29) is 22.4 Å². The van der Waals surface area contributed by atoms with Crippen molar-refractivity contribution in [3.63, 3.8) is 0 Å². The van der Waals surface area contributed by atoms with Gasteiger partial charge in [-0.2, -0.15) is 0 Å². The van der Waals surface area contributed by atoms with Crippen LogP contribution in [-0.4, -0.2) is 35.6 Å². The van der Waals surface area contributed by atoms with Crippen LogP contribution in [0.1, 0.15) is 54.8 Å². The number of nitrogens with zero attached hydrogens (tertiary/aromatic N) is 1. The Morgan fingerprint density at radius 1 is 1.00 bits per heavy atom. The largest absolute Gasteiger partial charge is 0.478 e. The molecule has 1 aliphatic heterocycles. The number of nitrogen functional groups attached to an aromatic ring is 1. The summed E-state index contributed by atoms with van der Waals surface area (Å²) in [6.07, 6.45) is -2.46. The summed E-state index contributed by atoms with van der Waals surface area (Å²) in [7, 11) is 0. The molecule has 0 spiro atoms. The normalized spacial score (nSPS) is 17.0. The molecule has 3 N–H and O–H groups in total. The number of fused-ring (bicyclic) bond motifs is 2. The molecule has 0 aromatic heterocycles. The molecule has 0 saturated heterocycles. The number of carboxylic acids is 1. The second-order valence-corrected chi connectivity index (χ2v) is 11.9. The summed E-state index contributed by atoms with van der Waals surface area (Å²) in [5, 5.41) is 12.0. The minimum Gasteiger partial charge on any atom is -0.478 e. The lowest BCUT2D eigenvalue weighted by atomic mass is 9.93. The van der Waals surface area contributed by atoms with Gasteiger partial charge >= 0.3 is 11.9 Å². The first-order valence-corrected chi connectivity index (χ1v) is 13.9. The standard InChI is InChI=1S/C33H31ClN2O6/c1-33(2,3)18-36-26-14-11-20(34)15-25(26)30(23-10-6-8-19-7-4-5-9-22(19)23)42-28(31(36)38)17-29(37)41-27-16-21(35)12-13-24(27)32(39)40/h4-16,28,30H,17-18,35H2,1-3H3,(H,39,40). The molecule has 2 unspecified atom stereocenters. The van der Waals surface area contributed by atoms with Gasteiger partial charge in [-0.15, -0.1) is 0 Å². The Hall–Kier alpha value is -4.40. The molecule has 1 aliphatic rings. The van der Waals surface area contributed by atoms with Crippen LogP contribution in [0.2, 0.25) is 5.02 Å². The molecule has 0 fully saturated rings. The molecule has 4 aromatic rings. The fraction of sp³-hybridized carbons (Fsp3) is 0.242. The van der Waals surface area contributed by atoms with E-state index in [0.29, 0.717) is 22.8 Å². The number of halogens is 1. The van der Waals surface area contributed by atoms with Gasteiger partial charge in [-0.25, -0.2) is 4.79 Å². The van der Waals surface area contributed by atoms with Crippen molar-refractivity contribution in [1.82, 2.24) is 0 Å². The molecule has 5 rings (SSSR count). The van der Waals surface area contributed by atoms with Gasteiger partial charge in [0.2, 0.25) is 0 Å². The summed E-state index contributed by atoms with van der Waals surface area (Å²) in [5.74, 6) is -2.74. The van der Waals surface area contributed by atoms with E-state index in [1.54, 1.807) is 23.1 Å². The second kappa shape index (κ2) is 11.5. The van der Waals surface area contributed by atoms with Gasteiger partial charge < -0.3 is 25.2 Å². The fourth-order valence-corrected chi connectivity index (χ4v) is 5.36. The number of nitrogens with two attached hydrogens (primary N) is 1. The van der Waals surface area contributed by atoms with Crippen LogP contribution in [0.4, 0.5) is 11.4 Å². The van der Waals surface area contributed by atoms with Gasteiger partial charge in [-0.3, -0.25) is 9.59 Å². The Bertz CT molecular complexity index is 1690. The van der Waals surface area contributed by atoms with E-state index in [0.717, 1.165) is 16.3 Å². The highest BCUT2D eigenvalue weighted by Crippen LogP contribution is 2.43. The second-order valence-electron chi connectivity index (χ2n) is 11.5. The molecule has 0 radical (unpaired) electrons. The van der Waals surface area contributed by atoms with E-state index in [9.17, 15) is 19.5 Å². The smallest absolute Gasteiger partial charge is 0.339 e. The fourth-order valence-electron chi connectivity index (χ4n) is 5.18. The SMILES string of the molecule is CC(C)(C)CN1C(=O)C(CC(=O)Oc2cc(N)ccc2C(=O)O)OC(c2cccc3ccccc23)c2cc(Cl)ccc21. The van der Waals surface area contributed by atoms with Crippen LogP contribution in [0.15, 0.2) is 78.9 Å². The molecule has 8 nitrogen and oxygen atoms in total. The van der Waals surface area contributed by atoms with Crippen molar-refractivity contribution in [3.8, 4) is 5.75 Å². The molecule has 216 valence electrons. The van der Waals surface area contributed by atoms with Gasteiger partial charge in [-0.05, 0) is 52.1 Å². The maximum Gasteiger partial charge on any atom is 0.339 e. The molecule has 0 aliphatic carbocycles. The highest BCUT2D eigenvalue weighted by atomic mass is 35.5. The number of amides is 1. The Kier molecular flexibility index (Phi) is 7.95. The molecular formula is C33H31ClN2O6. The molecule has 1 amide bonds. The number of benzene rings is 4. The van der Waals surface area contributed by atoms with Crippen molar-refractivity contribution in [1.29, 1.82) is 0 Å². The zero-order valence-electron chi connectivity index (χ0n) is 23.5. The number of hydrogen-bond donors (Lipinski definition) is 2. The van der Waals surface area contributed by atoms with Gasteiger partial charge in [0.25, 0.3) is 5.91 Å². The van der Waals surface area contributed by atoms with Crippen molar-refractivity contribution >= 4 is 51.6 Å². The average molecular weight is 587 g/mol. The quantitative estimate of drug-likeness (QED) is 0.148. The van der Waals surface area contributed by atoms with E-state index in [1.807, 2.05) is 63.2 Å². The van der Waals surface area contributed by atoms with Gasteiger partial charge in [-0.1, -0.05) is 74.8 Å². The van der Waals surface area contributed by atoms with Crippen LogP contribution in [0.5, 0.6) is 5.75 Å². The number of hydrogen-bond acceptors (Lipinski definition) is 6. The molecule has 0 bridgehead atoms. The van der Waals surface area contributed by atoms with E-state index in [1.165, 1.54) is 18.2 Å². The van der Waals surface area contributed by atoms with Gasteiger partial charge in [0.1, 0.15) is 23.5 Å². The topological polar surface area (TPSA) is 119 Å². The number of anilines is 2. The number of ether oxygens (including phenoxy) is 2. The number of carbonyl (C=O) groups excluding carboxylic acids is 2. The van der Waals surface area contributed by atoms with Crippen LogP contribution >= 0.6 is 11.6 Å². The zero-order chi connectivity index (χ0) is 30.2. The summed E-state index contributed by atoms with van der Waals surface area (Å²) in [6.45, 7) is 6.39. The number of aromatic carboxylic acids is 1. The lowest BCUT2D eigenvalue weighted by molar-refractivity contribution is -0.145. The third-order valence-electron chi connectivity index (χ3n) is 6.95. The Labute approximate surface area is 248 Å². The van der Waals surface area contributed by atoms with Crippen molar-refractivity contribution in [2.45, 2.75) is 39.4 Å². The predicted octanol–water partition coefficient (Wildman–Crippen LogP) is 6.64. The van der Waals surface area contributed by atoms with Crippen LogP contribution in [0.3, 0.4) is 0 Å². The van der Waals surface area contributed by atoms with Crippen LogP contribution in [0, 0.1) is 5.41 Å². The molecule has 2 atom stereocenters. The molecule has 4 aromatic carbocycles. The predicted molar refractivity (Wildman–Crippen MR) is 162 cm³/mol. The number of carboxylic acid groups (broad SMARTS) is 1. The summed E-state index contributed by atoms with van der Waals surface area (Å²) >= 11 is 6.49. The maximum atomic E-state index is 14.2. The highest BCUT2D eigenvalue weighted by Gasteiger charge is 2.40. The first kappa shape index (κ1) is 29.1. The third kappa shape index (κ3) is 6.10. The van der Waals surface area contributed by atoms with Crippen molar-refractivity contribution in [2.75, 3.05) is 17.2 Å². The third-order valence-corrected chi connectivity index (χ3v) is 7.19. The first-order chi connectivity index (χ1) is 19.9. The van der Waals surface area contributed by atoms with E-state index in [2.05, 4.69) is 0 Å². The van der Waals surface area contributed by atoms with Crippen molar-refractivity contribution in [2.24, 2.45) is 5.41 Å². The lowest BCUT2D eigenvalue weighted by Crippen LogP contribution is -2.44. The summed E-state index contributed by atoms with van der Waals surface area (Å²) < 4.78 is 12.0. The average Bonchev–Trinajstić information content (AvgIpc) is 3.02. The first-order valence-electron chi connectivity index (χ1n) is 13.5. The van der Waals surface area contributed by atoms with E-state index in [4.69, 9.17) is 26.8 Å². The maximum absolute atomic E-state index is 14.2. The Morgan fingerprint density at radius 3 is 2.48 bits per heavy atom. The highest BCUT2D eigenvalue weighted by molar-refractivity contribution is 6.30. The number of esters is 1. The summed E-state index contributed by atoms with van der Waals surface area (Å²) in [6, 6.07) is 22.9.